The predicted molar refractivity (Wildman–Crippen MR) is 107 cm³/mol. The maximum atomic E-state index is 12.0. The highest BCUT2D eigenvalue weighted by atomic mass is 16.2. The molecule has 0 aromatic heterocycles. The lowest BCUT2D eigenvalue weighted by Crippen LogP contribution is -2.48. The van der Waals surface area contributed by atoms with E-state index in [1.54, 1.807) is 19.0 Å². The van der Waals surface area contributed by atoms with Crippen molar-refractivity contribution in [2.24, 2.45) is 4.99 Å². The number of benzene rings is 1. The van der Waals surface area contributed by atoms with Crippen LogP contribution in [0, 0.1) is 0 Å². The molecule has 1 amide bonds. The molecule has 0 aliphatic carbocycles. The molecule has 144 valence electrons. The molecular weight excluding hydrogens is 326 g/mol. The number of carbonyl (C=O) groups excluding carboxylic acids is 1. The van der Waals surface area contributed by atoms with Crippen LogP contribution in [0.25, 0.3) is 0 Å². The van der Waals surface area contributed by atoms with Gasteiger partial charge in [-0.3, -0.25) is 9.69 Å². The maximum Gasteiger partial charge on any atom is 0.241 e. The van der Waals surface area contributed by atoms with Crippen molar-refractivity contribution < 1.29 is 4.79 Å². The number of guanidine groups is 1. The van der Waals surface area contributed by atoms with Gasteiger partial charge in [0, 0.05) is 33.7 Å². The predicted octanol–water partition coefficient (Wildman–Crippen LogP) is 1.64. The van der Waals surface area contributed by atoms with E-state index >= 15 is 0 Å². The van der Waals surface area contributed by atoms with Crippen LogP contribution in [0.1, 0.15) is 25.3 Å². The molecule has 0 radical (unpaired) electrons. The van der Waals surface area contributed by atoms with Crippen molar-refractivity contribution in [1.82, 2.24) is 20.0 Å². The quantitative estimate of drug-likeness (QED) is 0.594. The molecule has 0 bridgehead atoms. The number of likely N-dealkylation sites (tertiary alicyclic amines) is 1. The molecule has 1 aromatic rings. The van der Waals surface area contributed by atoms with Crippen LogP contribution < -0.4 is 5.32 Å². The van der Waals surface area contributed by atoms with Crippen LogP contribution >= 0.6 is 0 Å². The summed E-state index contributed by atoms with van der Waals surface area (Å²) in [5.74, 6) is 0.828. The molecule has 1 aliphatic heterocycles. The fourth-order valence-corrected chi connectivity index (χ4v) is 3.29. The molecule has 6 nitrogen and oxygen atoms in total. The molecule has 1 N–H and O–H groups in total. The topological polar surface area (TPSA) is 51.2 Å². The van der Waals surface area contributed by atoms with Gasteiger partial charge >= 0.3 is 0 Å². The third-order valence-corrected chi connectivity index (χ3v) is 4.90. The average molecular weight is 360 g/mol. The van der Waals surface area contributed by atoms with Crippen molar-refractivity contribution in [2.75, 3.05) is 47.3 Å². The molecule has 0 spiro atoms. The first kappa shape index (κ1) is 20.2. The van der Waals surface area contributed by atoms with Gasteiger partial charge < -0.3 is 15.1 Å². The molecule has 1 aliphatic rings. The Kier molecular flexibility index (Phi) is 7.91. The Bertz CT molecular complexity index is 587. The highest BCUT2D eigenvalue weighted by molar-refractivity contribution is 5.86. The monoisotopic (exact) mass is 359 g/mol. The summed E-state index contributed by atoms with van der Waals surface area (Å²) < 4.78 is 0. The lowest BCUT2D eigenvalue weighted by Gasteiger charge is -2.30. The average Bonchev–Trinajstić information content (AvgIpc) is 3.09. The molecular formula is C20H33N5O. The van der Waals surface area contributed by atoms with Crippen LogP contribution in [0.5, 0.6) is 0 Å². The van der Waals surface area contributed by atoms with E-state index in [0.717, 1.165) is 24.6 Å². The number of amides is 1. The Morgan fingerprint density at radius 3 is 2.65 bits per heavy atom. The standard InChI is InChI=1S/C20H33N5O/c1-5-25-13-9-12-18(25)16-24(4)20(22-15-19(26)23(2)3)21-14-17-10-7-6-8-11-17/h6-8,10-11,18H,5,9,12-16H2,1-4H3,(H,21,22). The third-order valence-electron chi connectivity index (χ3n) is 4.90. The number of carbonyl (C=O) groups is 1. The van der Waals surface area contributed by atoms with Crippen LogP contribution in [0.4, 0.5) is 0 Å². The van der Waals surface area contributed by atoms with Crippen molar-refractivity contribution in [3.05, 3.63) is 35.9 Å². The molecule has 26 heavy (non-hydrogen) atoms. The zero-order valence-corrected chi connectivity index (χ0v) is 16.6. The number of rotatable bonds is 7. The number of likely N-dealkylation sites (N-methyl/N-ethyl adjacent to an activating group) is 3. The highest BCUT2D eigenvalue weighted by Crippen LogP contribution is 2.17. The Balaban J connectivity index is 2.04. The van der Waals surface area contributed by atoms with Gasteiger partial charge in [-0.15, -0.1) is 0 Å². The van der Waals surface area contributed by atoms with Crippen molar-refractivity contribution in [1.29, 1.82) is 0 Å². The minimum atomic E-state index is 0.0434. The zero-order chi connectivity index (χ0) is 18.9. The molecule has 1 aromatic carbocycles. The van der Waals surface area contributed by atoms with E-state index in [2.05, 4.69) is 41.2 Å². The highest BCUT2D eigenvalue weighted by Gasteiger charge is 2.25. The van der Waals surface area contributed by atoms with E-state index in [-0.39, 0.29) is 12.5 Å². The smallest absolute Gasteiger partial charge is 0.241 e. The first-order valence-corrected chi connectivity index (χ1v) is 9.48. The summed E-state index contributed by atoms with van der Waals surface area (Å²) in [6.07, 6.45) is 2.48. The van der Waals surface area contributed by atoms with Gasteiger partial charge in [0.2, 0.25) is 5.91 Å². The van der Waals surface area contributed by atoms with Crippen LogP contribution in [0.15, 0.2) is 35.3 Å². The second-order valence-corrected chi connectivity index (χ2v) is 7.07. The first-order valence-electron chi connectivity index (χ1n) is 9.48. The minimum absolute atomic E-state index is 0.0434. The fraction of sp³-hybridized carbons (Fsp3) is 0.600. The number of hydrogen-bond donors (Lipinski definition) is 1. The first-order chi connectivity index (χ1) is 12.5. The van der Waals surface area contributed by atoms with Gasteiger partial charge in [-0.25, -0.2) is 4.99 Å². The van der Waals surface area contributed by atoms with E-state index in [0.29, 0.717) is 12.6 Å². The Morgan fingerprint density at radius 2 is 2.00 bits per heavy atom. The number of nitrogens with one attached hydrogen (secondary N) is 1. The van der Waals surface area contributed by atoms with Gasteiger partial charge in [-0.1, -0.05) is 37.3 Å². The van der Waals surface area contributed by atoms with Gasteiger partial charge in [-0.2, -0.15) is 0 Å². The number of aliphatic imine (C=N–C) groups is 1. The Hall–Kier alpha value is -2.08. The largest absolute Gasteiger partial charge is 0.347 e. The van der Waals surface area contributed by atoms with E-state index in [9.17, 15) is 4.79 Å². The Morgan fingerprint density at radius 1 is 1.27 bits per heavy atom. The van der Waals surface area contributed by atoms with Crippen molar-refractivity contribution in [3.63, 3.8) is 0 Å². The molecule has 6 heteroatoms. The van der Waals surface area contributed by atoms with Crippen molar-refractivity contribution in [2.45, 2.75) is 32.4 Å². The molecule has 1 atom stereocenters. The molecule has 1 saturated heterocycles. The van der Waals surface area contributed by atoms with Crippen LogP contribution in [-0.2, 0) is 11.3 Å². The van der Waals surface area contributed by atoms with Crippen LogP contribution in [0.2, 0.25) is 0 Å². The third kappa shape index (κ3) is 6.02. The summed E-state index contributed by atoms with van der Waals surface area (Å²) in [6, 6.07) is 10.7. The van der Waals surface area contributed by atoms with Crippen molar-refractivity contribution in [3.8, 4) is 0 Å². The van der Waals surface area contributed by atoms with Gasteiger partial charge in [-0.05, 0) is 31.5 Å². The SMILES string of the molecule is CCN1CCCC1CN(C)C(=NCc1ccccc1)NCC(=O)N(C)C. The second kappa shape index (κ2) is 10.2. The van der Waals surface area contributed by atoms with Crippen molar-refractivity contribution >= 4 is 11.9 Å². The van der Waals surface area contributed by atoms with E-state index in [4.69, 9.17) is 4.99 Å². The minimum Gasteiger partial charge on any atom is -0.347 e. The summed E-state index contributed by atoms with van der Waals surface area (Å²) in [5.41, 5.74) is 1.16. The van der Waals surface area contributed by atoms with E-state index < -0.39 is 0 Å². The van der Waals surface area contributed by atoms with E-state index in [1.807, 2.05) is 18.2 Å². The molecule has 2 rings (SSSR count). The van der Waals surface area contributed by atoms with Gasteiger partial charge in [0.1, 0.15) is 0 Å². The summed E-state index contributed by atoms with van der Waals surface area (Å²) in [5, 5.41) is 3.24. The summed E-state index contributed by atoms with van der Waals surface area (Å²) in [4.78, 5) is 23.0. The van der Waals surface area contributed by atoms with Gasteiger partial charge in [0.15, 0.2) is 5.96 Å². The normalized spacial score (nSPS) is 18.0. The van der Waals surface area contributed by atoms with Crippen LogP contribution in [0.3, 0.4) is 0 Å². The summed E-state index contributed by atoms with van der Waals surface area (Å²) >= 11 is 0. The summed E-state index contributed by atoms with van der Waals surface area (Å²) in [6.45, 7) is 6.26. The molecule has 1 fully saturated rings. The van der Waals surface area contributed by atoms with Crippen LogP contribution in [-0.4, -0.2) is 79.9 Å². The fourth-order valence-electron chi connectivity index (χ4n) is 3.29. The number of nitrogens with zero attached hydrogens (tertiary/aromatic N) is 4. The van der Waals surface area contributed by atoms with Gasteiger partial charge in [0.25, 0.3) is 0 Å². The lowest BCUT2D eigenvalue weighted by atomic mass is 10.2. The molecule has 0 saturated carbocycles. The lowest BCUT2D eigenvalue weighted by molar-refractivity contribution is -0.127. The zero-order valence-electron chi connectivity index (χ0n) is 16.6. The molecule has 1 unspecified atom stereocenters. The summed E-state index contributed by atoms with van der Waals surface area (Å²) in [7, 11) is 5.60. The van der Waals surface area contributed by atoms with Gasteiger partial charge in [0.05, 0.1) is 13.1 Å². The second-order valence-electron chi connectivity index (χ2n) is 7.07. The number of hydrogen-bond acceptors (Lipinski definition) is 3. The van der Waals surface area contributed by atoms with E-state index in [1.165, 1.54) is 19.4 Å². The maximum absolute atomic E-state index is 12.0. The molecule has 1 heterocycles. The Labute approximate surface area is 157 Å².